The number of aromatic nitrogens is 1. The molecule has 0 radical (unpaired) electrons. The molecule has 5 nitrogen and oxygen atoms in total. The molecule has 1 aliphatic carbocycles. The zero-order valence-corrected chi connectivity index (χ0v) is 12.5. The maximum absolute atomic E-state index is 12.7. The molecule has 0 bridgehead atoms. The molecule has 0 saturated heterocycles. The van der Waals surface area contributed by atoms with Crippen LogP contribution in [0, 0.1) is 10.1 Å². The Bertz CT molecular complexity index is 743. The summed E-state index contributed by atoms with van der Waals surface area (Å²) in [4.78, 5) is 16.4. The monoisotopic (exact) mass is 337 g/mol. The van der Waals surface area contributed by atoms with E-state index in [0.29, 0.717) is 11.4 Å². The van der Waals surface area contributed by atoms with Crippen LogP contribution in [-0.2, 0) is 12.7 Å². The van der Waals surface area contributed by atoms with Crippen LogP contribution in [0.15, 0.2) is 42.6 Å². The number of nitrogens with zero attached hydrogens (tertiary/aromatic N) is 3. The average Bonchev–Trinajstić information content (AvgIpc) is 3.37. The van der Waals surface area contributed by atoms with Crippen LogP contribution in [-0.4, -0.2) is 15.9 Å². The Kier molecular flexibility index (Phi) is 4.13. The molecule has 1 aliphatic rings. The van der Waals surface area contributed by atoms with Crippen molar-refractivity contribution in [3.05, 3.63) is 63.8 Å². The summed E-state index contributed by atoms with van der Waals surface area (Å²) in [5.41, 5.74) is -0.307. The van der Waals surface area contributed by atoms with Crippen LogP contribution in [0.5, 0.6) is 0 Å². The third-order valence-electron chi connectivity index (χ3n) is 3.89. The number of hydrogen-bond acceptors (Lipinski definition) is 4. The molecule has 1 fully saturated rings. The molecule has 0 N–H and O–H groups in total. The maximum Gasteiger partial charge on any atom is 0.417 e. The largest absolute Gasteiger partial charge is 0.417 e. The summed E-state index contributed by atoms with van der Waals surface area (Å²) in [6.45, 7) is 0.236. The first-order valence-electron chi connectivity index (χ1n) is 7.38. The van der Waals surface area contributed by atoms with Crippen molar-refractivity contribution in [3.63, 3.8) is 0 Å². The van der Waals surface area contributed by atoms with Gasteiger partial charge in [-0.15, -0.1) is 0 Å². The van der Waals surface area contributed by atoms with E-state index < -0.39 is 16.7 Å². The van der Waals surface area contributed by atoms with Gasteiger partial charge in [-0.25, -0.2) is 4.98 Å². The number of para-hydroxylation sites is 1. The van der Waals surface area contributed by atoms with E-state index in [9.17, 15) is 23.3 Å². The van der Waals surface area contributed by atoms with Crippen molar-refractivity contribution in [1.82, 2.24) is 4.98 Å². The van der Waals surface area contributed by atoms with E-state index in [1.807, 2.05) is 4.90 Å². The molecule has 24 heavy (non-hydrogen) atoms. The lowest BCUT2D eigenvalue weighted by molar-refractivity contribution is -0.385. The molecule has 0 spiro atoms. The topological polar surface area (TPSA) is 59.3 Å². The van der Waals surface area contributed by atoms with Gasteiger partial charge >= 0.3 is 6.18 Å². The van der Waals surface area contributed by atoms with Crippen molar-refractivity contribution in [1.29, 1.82) is 0 Å². The van der Waals surface area contributed by atoms with Gasteiger partial charge in [0.05, 0.1) is 17.0 Å². The number of anilines is 1. The fourth-order valence-corrected chi connectivity index (χ4v) is 2.51. The third kappa shape index (κ3) is 3.47. The van der Waals surface area contributed by atoms with Crippen LogP contribution in [0.25, 0.3) is 0 Å². The van der Waals surface area contributed by atoms with Crippen LogP contribution in [0.1, 0.15) is 24.0 Å². The van der Waals surface area contributed by atoms with Crippen LogP contribution in [0.2, 0.25) is 0 Å². The molecule has 1 heterocycles. The second-order valence-electron chi connectivity index (χ2n) is 5.65. The molecule has 3 rings (SSSR count). The Hall–Kier alpha value is -2.64. The van der Waals surface area contributed by atoms with Crippen LogP contribution >= 0.6 is 0 Å². The number of hydrogen-bond donors (Lipinski definition) is 0. The SMILES string of the molecule is O=[N+]([O-])c1ccccc1CN(c1ccc(C(F)(F)F)cn1)C1CC1. The molecule has 0 atom stereocenters. The lowest BCUT2D eigenvalue weighted by Crippen LogP contribution is -2.26. The highest BCUT2D eigenvalue weighted by atomic mass is 19.4. The van der Waals surface area contributed by atoms with Gasteiger partial charge in [-0.1, -0.05) is 18.2 Å². The number of rotatable bonds is 5. The van der Waals surface area contributed by atoms with E-state index in [4.69, 9.17) is 0 Å². The van der Waals surface area contributed by atoms with E-state index in [2.05, 4.69) is 4.98 Å². The first kappa shape index (κ1) is 16.2. The van der Waals surface area contributed by atoms with Crippen LogP contribution in [0.4, 0.5) is 24.7 Å². The molecule has 1 aromatic carbocycles. The fraction of sp³-hybridized carbons (Fsp3) is 0.312. The van der Waals surface area contributed by atoms with E-state index in [1.165, 1.54) is 12.1 Å². The second kappa shape index (κ2) is 6.10. The van der Waals surface area contributed by atoms with E-state index >= 15 is 0 Å². The number of alkyl halides is 3. The lowest BCUT2D eigenvalue weighted by atomic mass is 10.1. The van der Waals surface area contributed by atoms with Gasteiger partial charge in [0.1, 0.15) is 5.82 Å². The molecule has 1 saturated carbocycles. The van der Waals surface area contributed by atoms with Crippen LogP contribution < -0.4 is 4.90 Å². The standard InChI is InChI=1S/C16H14F3N3O2/c17-16(18,19)12-5-8-15(20-9-12)21(13-6-7-13)10-11-3-1-2-4-14(11)22(23)24/h1-5,8-9,13H,6-7,10H2. The van der Waals surface area contributed by atoms with Gasteiger partial charge in [0.2, 0.25) is 0 Å². The van der Waals surface area contributed by atoms with Gasteiger partial charge in [-0.2, -0.15) is 13.2 Å². The number of nitro groups is 1. The van der Waals surface area contributed by atoms with Crippen molar-refractivity contribution in [2.75, 3.05) is 4.90 Å². The smallest absolute Gasteiger partial charge is 0.349 e. The maximum atomic E-state index is 12.7. The Balaban J connectivity index is 1.88. The Morgan fingerprint density at radius 2 is 1.92 bits per heavy atom. The molecule has 126 valence electrons. The summed E-state index contributed by atoms with van der Waals surface area (Å²) < 4.78 is 38.0. The number of benzene rings is 1. The predicted octanol–water partition coefficient (Wildman–Crippen LogP) is 4.18. The predicted molar refractivity (Wildman–Crippen MR) is 81.5 cm³/mol. The van der Waals surface area contributed by atoms with Crippen molar-refractivity contribution in [2.45, 2.75) is 31.6 Å². The highest BCUT2D eigenvalue weighted by molar-refractivity contribution is 5.47. The minimum absolute atomic E-state index is 0.00457. The molecule has 1 aromatic heterocycles. The molecular formula is C16H14F3N3O2. The Morgan fingerprint density at radius 1 is 1.21 bits per heavy atom. The molecule has 8 heteroatoms. The van der Waals surface area contributed by atoms with Crippen molar-refractivity contribution >= 4 is 11.5 Å². The Morgan fingerprint density at radius 3 is 2.46 bits per heavy atom. The summed E-state index contributed by atoms with van der Waals surface area (Å²) in [5, 5.41) is 11.1. The summed E-state index contributed by atoms with van der Waals surface area (Å²) in [6, 6.07) is 8.80. The first-order chi connectivity index (χ1) is 11.4. The zero-order valence-electron chi connectivity index (χ0n) is 12.5. The first-order valence-corrected chi connectivity index (χ1v) is 7.38. The number of pyridine rings is 1. The van der Waals surface area contributed by atoms with Crippen molar-refractivity contribution < 1.29 is 18.1 Å². The normalized spacial score (nSPS) is 14.5. The Labute approximate surface area is 135 Å². The van der Waals surface area contributed by atoms with Gasteiger partial charge in [0, 0.05) is 23.9 Å². The third-order valence-corrected chi connectivity index (χ3v) is 3.89. The minimum atomic E-state index is -4.44. The minimum Gasteiger partial charge on any atom is -0.349 e. The highest BCUT2D eigenvalue weighted by Gasteiger charge is 2.33. The zero-order chi connectivity index (χ0) is 17.3. The highest BCUT2D eigenvalue weighted by Crippen LogP contribution is 2.35. The van der Waals surface area contributed by atoms with Gasteiger partial charge in [-0.05, 0) is 25.0 Å². The molecular weight excluding hydrogens is 323 g/mol. The quantitative estimate of drug-likeness (QED) is 0.607. The summed E-state index contributed by atoms with van der Waals surface area (Å²) >= 11 is 0. The van der Waals surface area contributed by atoms with Gasteiger partial charge in [-0.3, -0.25) is 10.1 Å². The fourth-order valence-electron chi connectivity index (χ4n) is 2.51. The number of nitro benzene ring substituents is 1. The number of halogens is 3. The summed E-state index contributed by atoms with van der Waals surface area (Å²) in [5.74, 6) is 0.392. The molecule has 0 aliphatic heterocycles. The van der Waals surface area contributed by atoms with E-state index in [0.717, 1.165) is 25.1 Å². The van der Waals surface area contributed by atoms with E-state index in [1.54, 1.807) is 18.2 Å². The summed E-state index contributed by atoms with van der Waals surface area (Å²) in [7, 11) is 0. The average molecular weight is 337 g/mol. The second-order valence-corrected chi connectivity index (χ2v) is 5.65. The molecule has 0 amide bonds. The van der Waals surface area contributed by atoms with Crippen LogP contribution in [0.3, 0.4) is 0 Å². The van der Waals surface area contributed by atoms with Crippen molar-refractivity contribution in [3.8, 4) is 0 Å². The van der Waals surface area contributed by atoms with Gasteiger partial charge in [0.15, 0.2) is 0 Å². The lowest BCUT2D eigenvalue weighted by Gasteiger charge is -2.23. The summed E-state index contributed by atoms with van der Waals surface area (Å²) in [6.07, 6.45) is -1.86. The van der Waals surface area contributed by atoms with Gasteiger partial charge in [0.25, 0.3) is 5.69 Å². The van der Waals surface area contributed by atoms with Crippen molar-refractivity contribution in [2.24, 2.45) is 0 Å². The molecule has 0 unspecified atom stereocenters. The molecule has 2 aromatic rings. The van der Waals surface area contributed by atoms with E-state index in [-0.39, 0.29) is 18.3 Å². The van der Waals surface area contributed by atoms with Gasteiger partial charge < -0.3 is 4.90 Å².